The molecule has 1 aliphatic heterocycles. The molecule has 0 saturated carbocycles. The Labute approximate surface area is 222 Å². The van der Waals surface area contributed by atoms with E-state index in [0.717, 1.165) is 4.90 Å². The standard InChI is InChI=1S/C27H21ClN2O8/c1-36-19-9-7-18(8-10-19)30-25(32)20(24(31)29-27(30)35)11-16-12-21(28)23(22(13-16)37-2)38-14-15-3-5-17(6-4-15)26(33)34/h3-13H,14H2,1-2H3,(H,33,34)(H,29,31,35)/b20-11+. The maximum Gasteiger partial charge on any atom is 0.335 e. The molecule has 0 atom stereocenters. The van der Waals surface area contributed by atoms with Gasteiger partial charge < -0.3 is 19.3 Å². The highest BCUT2D eigenvalue weighted by atomic mass is 35.5. The highest BCUT2D eigenvalue weighted by Gasteiger charge is 2.37. The molecule has 1 saturated heterocycles. The minimum absolute atomic E-state index is 0.0796. The number of imide groups is 2. The zero-order valence-corrected chi connectivity index (χ0v) is 20.9. The monoisotopic (exact) mass is 536 g/mol. The number of aromatic carboxylic acids is 1. The van der Waals surface area contributed by atoms with Crippen LogP contribution in [0.1, 0.15) is 21.5 Å². The summed E-state index contributed by atoms with van der Waals surface area (Å²) in [5.41, 5.74) is 1.17. The van der Waals surface area contributed by atoms with Gasteiger partial charge in [-0.05, 0) is 65.7 Å². The Hall–Kier alpha value is -4.83. The molecule has 3 aromatic carbocycles. The molecule has 3 aromatic rings. The number of carbonyl (C=O) groups excluding carboxylic acids is 3. The predicted molar refractivity (Wildman–Crippen MR) is 138 cm³/mol. The highest BCUT2D eigenvalue weighted by molar-refractivity contribution is 6.39. The van der Waals surface area contributed by atoms with Crippen molar-refractivity contribution in [2.24, 2.45) is 0 Å². The van der Waals surface area contributed by atoms with E-state index in [2.05, 4.69) is 5.32 Å². The molecule has 2 N–H and O–H groups in total. The summed E-state index contributed by atoms with van der Waals surface area (Å²) in [6.45, 7) is 0.0796. The van der Waals surface area contributed by atoms with E-state index < -0.39 is 23.8 Å². The summed E-state index contributed by atoms with van der Waals surface area (Å²) in [4.78, 5) is 50.0. The zero-order valence-electron chi connectivity index (χ0n) is 20.2. The topological polar surface area (TPSA) is 131 Å². The Morgan fingerprint density at radius 2 is 1.68 bits per heavy atom. The molecule has 0 unspecified atom stereocenters. The number of halogens is 1. The number of rotatable bonds is 8. The van der Waals surface area contributed by atoms with Gasteiger partial charge in [-0.25, -0.2) is 14.5 Å². The van der Waals surface area contributed by atoms with E-state index in [1.165, 1.54) is 56.7 Å². The third kappa shape index (κ3) is 5.45. The minimum Gasteiger partial charge on any atom is -0.497 e. The normalized spacial score (nSPS) is 14.3. The van der Waals surface area contributed by atoms with Gasteiger partial charge in [-0.15, -0.1) is 0 Å². The van der Waals surface area contributed by atoms with E-state index in [1.54, 1.807) is 24.3 Å². The van der Waals surface area contributed by atoms with Crippen LogP contribution in [-0.2, 0) is 16.2 Å². The Kier molecular flexibility index (Phi) is 7.63. The average molecular weight is 537 g/mol. The van der Waals surface area contributed by atoms with Gasteiger partial charge in [-0.2, -0.15) is 0 Å². The molecule has 1 aliphatic rings. The summed E-state index contributed by atoms with van der Waals surface area (Å²) in [6, 6.07) is 14.5. The zero-order chi connectivity index (χ0) is 27.4. The average Bonchev–Trinajstić information content (AvgIpc) is 2.90. The van der Waals surface area contributed by atoms with Crippen molar-refractivity contribution in [1.29, 1.82) is 0 Å². The van der Waals surface area contributed by atoms with E-state index in [-0.39, 0.29) is 40.0 Å². The van der Waals surface area contributed by atoms with Crippen molar-refractivity contribution < 1.29 is 38.5 Å². The summed E-state index contributed by atoms with van der Waals surface area (Å²) in [5.74, 6) is -1.72. The van der Waals surface area contributed by atoms with Crippen molar-refractivity contribution in [2.45, 2.75) is 6.61 Å². The molecule has 0 aliphatic carbocycles. The first-order valence-corrected chi connectivity index (χ1v) is 11.5. The number of benzene rings is 3. The summed E-state index contributed by atoms with van der Waals surface area (Å²) >= 11 is 6.44. The van der Waals surface area contributed by atoms with Gasteiger partial charge in [0.1, 0.15) is 17.9 Å². The van der Waals surface area contributed by atoms with Gasteiger partial charge in [0.15, 0.2) is 11.5 Å². The van der Waals surface area contributed by atoms with Crippen molar-refractivity contribution in [3.63, 3.8) is 0 Å². The van der Waals surface area contributed by atoms with Gasteiger partial charge in [0.2, 0.25) is 0 Å². The van der Waals surface area contributed by atoms with Gasteiger partial charge in [-0.1, -0.05) is 23.7 Å². The quantitative estimate of drug-likeness (QED) is 0.322. The molecule has 11 heteroatoms. The maximum absolute atomic E-state index is 13.2. The molecule has 194 valence electrons. The first kappa shape index (κ1) is 26.2. The number of barbiturate groups is 1. The second-order valence-corrected chi connectivity index (χ2v) is 8.39. The van der Waals surface area contributed by atoms with Gasteiger partial charge >= 0.3 is 12.0 Å². The number of carboxylic acids is 1. The van der Waals surface area contributed by atoms with Crippen molar-refractivity contribution >= 4 is 47.2 Å². The molecule has 0 aromatic heterocycles. The molecule has 0 radical (unpaired) electrons. The molecule has 0 spiro atoms. The second kappa shape index (κ2) is 11.1. The Morgan fingerprint density at radius 1 is 1.00 bits per heavy atom. The van der Waals surface area contributed by atoms with Crippen LogP contribution in [0.4, 0.5) is 10.5 Å². The maximum atomic E-state index is 13.2. The van der Waals surface area contributed by atoms with Crippen LogP contribution in [0.15, 0.2) is 66.2 Å². The van der Waals surface area contributed by atoms with Crippen LogP contribution in [0.3, 0.4) is 0 Å². The smallest absolute Gasteiger partial charge is 0.335 e. The number of hydrogen-bond donors (Lipinski definition) is 2. The number of ether oxygens (including phenoxy) is 3. The minimum atomic E-state index is -1.03. The first-order chi connectivity index (χ1) is 18.2. The molecule has 4 amide bonds. The number of carbonyl (C=O) groups is 4. The lowest BCUT2D eigenvalue weighted by atomic mass is 10.1. The molecule has 38 heavy (non-hydrogen) atoms. The van der Waals surface area contributed by atoms with Crippen LogP contribution in [0.5, 0.6) is 17.2 Å². The molecular weight excluding hydrogens is 516 g/mol. The molecule has 0 bridgehead atoms. The lowest BCUT2D eigenvalue weighted by Gasteiger charge is -2.26. The lowest BCUT2D eigenvalue weighted by Crippen LogP contribution is -2.54. The molecule has 1 heterocycles. The number of amides is 4. The second-order valence-electron chi connectivity index (χ2n) is 7.98. The van der Waals surface area contributed by atoms with Crippen LogP contribution >= 0.6 is 11.6 Å². The van der Waals surface area contributed by atoms with Crippen molar-refractivity contribution in [3.05, 3.63) is 87.9 Å². The van der Waals surface area contributed by atoms with E-state index in [4.69, 9.17) is 30.9 Å². The Morgan fingerprint density at radius 3 is 2.29 bits per heavy atom. The number of urea groups is 1. The van der Waals surface area contributed by atoms with Crippen molar-refractivity contribution in [1.82, 2.24) is 5.32 Å². The van der Waals surface area contributed by atoms with Gasteiger partial charge in [0.25, 0.3) is 11.8 Å². The Balaban J connectivity index is 1.59. The van der Waals surface area contributed by atoms with Crippen LogP contribution in [0, 0.1) is 0 Å². The first-order valence-electron chi connectivity index (χ1n) is 11.1. The van der Waals surface area contributed by atoms with Crippen LogP contribution < -0.4 is 24.4 Å². The third-order valence-corrected chi connectivity index (χ3v) is 5.86. The van der Waals surface area contributed by atoms with E-state index in [1.807, 2.05) is 0 Å². The van der Waals surface area contributed by atoms with Gasteiger partial charge in [-0.3, -0.25) is 14.9 Å². The summed E-state index contributed by atoms with van der Waals surface area (Å²) in [7, 11) is 2.89. The molecular formula is C27H21ClN2O8. The molecule has 4 rings (SSSR count). The summed E-state index contributed by atoms with van der Waals surface area (Å²) in [6.07, 6.45) is 1.30. The number of hydrogen-bond acceptors (Lipinski definition) is 7. The molecule has 1 fully saturated rings. The third-order valence-electron chi connectivity index (χ3n) is 5.58. The number of nitrogens with zero attached hydrogens (tertiary/aromatic N) is 1. The van der Waals surface area contributed by atoms with E-state index in [0.29, 0.717) is 16.9 Å². The fraction of sp³-hybridized carbons (Fsp3) is 0.111. The number of anilines is 1. The van der Waals surface area contributed by atoms with Gasteiger partial charge in [0.05, 0.1) is 30.5 Å². The Bertz CT molecular complexity index is 1450. The number of nitrogens with one attached hydrogen (secondary N) is 1. The van der Waals surface area contributed by atoms with Crippen LogP contribution in [-0.4, -0.2) is 43.1 Å². The van der Waals surface area contributed by atoms with Crippen LogP contribution in [0.25, 0.3) is 6.08 Å². The van der Waals surface area contributed by atoms with E-state index in [9.17, 15) is 19.2 Å². The number of carboxylic acid groups (broad SMARTS) is 1. The molecule has 10 nitrogen and oxygen atoms in total. The van der Waals surface area contributed by atoms with E-state index >= 15 is 0 Å². The largest absolute Gasteiger partial charge is 0.497 e. The number of methoxy groups -OCH3 is 2. The fourth-order valence-corrected chi connectivity index (χ4v) is 3.93. The van der Waals surface area contributed by atoms with Crippen LogP contribution in [0.2, 0.25) is 5.02 Å². The predicted octanol–water partition coefficient (Wildman–Crippen LogP) is 4.30. The lowest BCUT2D eigenvalue weighted by molar-refractivity contribution is -0.122. The van der Waals surface area contributed by atoms with Gasteiger partial charge in [0, 0.05) is 0 Å². The van der Waals surface area contributed by atoms with Crippen molar-refractivity contribution in [3.8, 4) is 17.2 Å². The van der Waals surface area contributed by atoms with Crippen molar-refractivity contribution in [2.75, 3.05) is 19.1 Å². The summed E-state index contributed by atoms with van der Waals surface area (Å²) < 4.78 is 16.3. The fourth-order valence-electron chi connectivity index (χ4n) is 3.65. The summed E-state index contributed by atoms with van der Waals surface area (Å²) in [5, 5.41) is 11.3. The SMILES string of the molecule is COc1ccc(N2C(=O)NC(=O)/C(=C\c3cc(Cl)c(OCc4ccc(C(=O)O)cc4)c(OC)c3)C2=O)cc1. The highest BCUT2D eigenvalue weighted by Crippen LogP contribution is 2.38.